The molecule has 3 aromatic rings. The fraction of sp³-hybridized carbons (Fsp3) is 0.409. The SMILES string of the molecule is Cc1ccc(-n2nc(C3CN(C(=O)OC(C)(C)C)C3)c3c(CO)ccnc32)c(Cl)c1. The molecular formula is C22H25ClN4O3. The fourth-order valence-electron chi connectivity index (χ4n) is 3.63. The van der Waals surface area contributed by atoms with Crippen LogP contribution in [0, 0.1) is 6.92 Å². The zero-order valence-electron chi connectivity index (χ0n) is 17.5. The smallest absolute Gasteiger partial charge is 0.410 e. The lowest BCUT2D eigenvalue weighted by Gasteiger charge is -2.39. The lowest BCUT2D eigenvalue weighted by Crippen LogP contribution is -2.50. The molecule has 0 aliphatic carbocycles. The summed E-state index contributed by atoms with van der Waals surface area (Å²) in [5.41, 5.74) is 3.43. The number of aryl methyl sites for hydroxylation is 1. The summed E-state index contributed by atoms with van der Waals surface area (Å²) in [6.45, 7) is 8.41. The number of amides is 1. The third-order valence-electron chi connectivity index (χ3n) is 5.10. The van der Waals surface area contributed by atoms with Crippen molar-refractivity contribution in [3.05, 3.63) is 52.3 Å². The highest BCUT2D eigenvalue weighted by Gasteiger charge is 2.38. The molecule has 4 rings (SSSR count). The van der Waals surface area contributed by atoms with E-state index in [1.807, 2.05) is 45.9 Å². The van der Waals surface area contributed by atoms with Gasteiger partial charge in [-0.05, 0) is 57.0 Å². The number of likely N-dealkylation sites (tertiary alicyclic amines) is 1. The third kappa shape index (κ3) is 3.75. The zero-order chi connectivity index (χ0) is 21.6. The highest BCUT2D eigenvalue weighted by Crippen LogP contribution is 2.35. The van der Waals surface area contributed by atoms with Crippen LogP contribution in [0.5, 0.6) is 0 Å². The van der Waals surface area contributed by atoms with Gasteiger partial charge in [-0.2, -0.15) is 5.10 Å². The lowest BCUT2D eigenvalue weighted by molar-refractivity contribution is 0.00794. The molecule has 8 heteroatoms. The van der Waals surface area contributed by atoms with Crippen LogP contribution in [0.15, 0.2) is 30.5 Å². The molecular weight excluding hydrogens is 404 g/mol. The van der Waals surface area contributed by atoms with Crippen molar-refractivity contribution in [1.29, 1.82) is 0 Å². The minimum Gasteiger partial charge on any atom is -0.444 e. The number of carbonyl (C=O) groups excluding carboxylic acids is 1. The lowest BCUT2D eigenvalue weighted by atomic mass is 9.93. The van der Waals surface area contributed by atoms with Crippen molar-refractivity contribution in [2.75, 3.05) is 13.1 Å². The molecule has 1 aromatic carbocycles. The molecule has 0 unspecified atom stereocenters. The topological polar surface area (TPSA) is 80.5 Å². The number of hydrogen-bond donors (Lipinski definition) is 1. The van der Waals surface area contributed by atoms with E-state index >= 15 is 0 Å². The van der Waals surface area contributed by atoms with Crippen molar-refractivity contribution in [3.63, 3.8) is 0 Å². The predicted molar refractivity (Wildman–Crippen MR) is 115 cm³/mol. The van der Waals surface area contributed by atoms with Gasteiger partial charge in [-0.1, -0.05) is 17.7 Å². The number of pyridine rings is 1. The maximum atomic E-state index is 12.3. The van der Waals surface area contributed by atoms with E-state index in [1.54, 1.807) is 21.8 Å². The molecule has 1 N–H and O–H groups in total. The van der Waals surface area contributed by atoms with Gasteiger partial charge < -0.3 is 14.7 Å². The first-order chi connectivity index (χ1) is 14.2. The number of nitrogens with zero attached hydrogens (tertiary/aromatic N) is 4. The van der Waals surface area contributed by atoms with Gasteiger partial charge in [0.25, 0.3) is 0 Å². The van der Waals surface area contributed by atoms with Crippen molar-refractivity contribution in [1.82, 2.24) is 19.7 Å². The van der Waals surface area contributed by atoms with Crippen LogP contribution in [-0.4, -0.2) is 49.6 Å². The van der Waals surface area contributed by atoms with Crippen LogP contribution >= 0.6 is 11.6 Å². The maximum Gasteiger partial charge on any atom is 0.410 e. The van der Waals surface area contributed by atoms with Crippen molar-refractivity contribution >= 4 is 28.7 Å². The summed E-state index contributed by atoms with van der Waals surface area (Å²) in [6.07, 6.45) is 1.33. The normalized spacial score (nSPS) is 14.8. The first kappa shape index (κ1) is 20.6. The first-order valence-electron chi connectivity index (χ1n) is 9.90. The van der Waals surface area contributed by atoms with Crippen molar-refractivity contribution in [2.45, 2.75) is 45.8 Å². The molecule has 3 heterocycles. The Balaban J connectivity index is 1.72. The van der Waals surface area contributed by atoms with Crippen LogP contribution < -0.4 is 0 Å². The number of rotatable bonds is 3. The molecule has 30 heavy (non-hydrogen) atoms. The molecule has 1 aliphatic heterocycles. The Labute approximate surface area is 180 Å². The van der Waals surface area contributed by atoms with Crippen LogP contribution in [0.2, 0.25) is 5.02 Å². The van der Waals surface area contributed by atoms with E-state index in [2.05, 4.69) is 4.98 Å². The summed E-state index contributed by atoms with van der Waals surface area (Å²) < 4.78 is 7.18. The van der Waals surface area contributed by atoms with Gasteiger partial charge in [0.05, 0.1) is 23.0 Å². The summed E-state index contributed by atoms with van der Waals surface area (Å²) in [4.78, 5) is 18.5. The minimum atomic E-state index is -0.535. The van der Waals surface area contributed by atoms with Gasteiger partial charge in [-0.25, -0.2) is 14.5 Å². The van der Waals surface area contributed by atoms with Gasteiger partial charge in [0.15, 0.2) is 5.65 Å². The van der Waals surface area contributed by atoms with E-state index in [4.69, 9.17) is 21.4 Å². The number of benzene rings is 1. The van der Waals surface area contributed by atoms with Gasteiger partial charge >= 0.3 is 6.09 Å². The minimum absolute atomic E-state index is 0.0278. The summed E-state index contributed by atoms with van der Waals surface area (Å²) in [7, 11) is 0. The predicted octanol–water partition coefficient (Wildman–Crippen LogP) is 4.21. The summed E-state index contributed by atoms with van der Waals surface area (Å²) in [6, 6.07) is 7.55. The number of ether oxygens (including phenoxy) is 1. The maximum absolute atomic E-state index is 12.3. The Bertz CT molecular complexity index is 1110. The van der Waals surface area contributed by atoms with Crippen molar-refractivity contribution in [2.24, 2.45) is 0 Å². The van der Waals surface area contributed by atoms with E-state index < -0.39 is 5.60 Å². The molecule has 0 radical (unpaired) electrons. The summed E-state index contributed by atoms with van der Waals surface area (Å²) in [5, 5.41) is 16.1. The Kier molecular flexibility index (Phi) is 5.20. The molecule has 1 saturated heterocycles. The molecule has 7 nitrogen and oxygen atoms in total. The number of halogens is 1. The van der Waals surface area contributed by atoms with E-state index in [-0.39, 0.29) is 18.6 Å². The van der Waals surface area contributed by atoms with Crippen molar-refractivity contribution in [3.8, 4) is 5.69 Å². The van der Waals surface area contributed by atoms with Gasteiger partial charge in [0.2, 0.25) is 0 Å². The second-order valence-corrected chi connectivity index (χ2v) is 9.07. The summed E-state index contributed by atoms with van der Waals surface area (Å²) in [5.74, 6) is 0.0278. The molecule has 0 atom stereocenters. The van der Waals surface area contributed by atoms with Gasteiger partial charge in [-0.3, -0.25) is 0 Å². The molecule has 0 bridgehead atoms. The number of aliphatic hydroxyl groups excluding tert-OH is 1. The van der Waals surface area contributed by atoms with Crippen LogP contribution in [0.1, 0.15) is 43.5 Å². The number of fused-ring (bicyclic) bond motifs is 1. The Morgan fingerprint density at radius 1 is 1.30 bits per heavy atom. The van der Waals surface area contributed by atoms with E-state index in [1.165, 1.54) is 0 Å². The molecule has 0 spiro atoms. The highest BCUT2D eigenvalue weighted by molar-refractivity contribution is 6.32. The van der Waals surface area contributed by atoms with Gasteiger partial charge in [0, 0.05) is 30.6 Å². The molecule has 0 saturated carbocycles. The number of carbonyl (C=O) groups is 1. The average molecular weight is 429 g/mol. The van der Waals surface area contributed by atoms with E-state index in [0.717, 1.165) is 27.9 Å². The van der Waals surface area contributed by atoms with Crippen LogP contribution in [-0.2, 0) is 11.3 Å². The number of aliphatic hydroxyl groups is 1. The van der Waals surface area contributed by atoms with Gasteiger partial charge in [-0.15, -0.1) is 0 Å². The average Bonchev–Trinajstić information content (AvgIpc) is 2.98. The van der Waals surface area contributed by atoms with E-state index in [9.17, 15) is 9.90 Å². The first-order valence-corrected chi connectivity index (χ1v) is 10.3. The zero-order valence-corrected chi connectivity index (χ0v) is 18.3. The molecule has 1 amide bonds. The molecule has 2 aromatic heterocycles. The molecule has 158 valence electrons. The number of hydrogen-bond acceptors (Lipinski definition) is 5. The Hall–Kier alpha value is -2.64. The molecule has 1 fully saturated rings. The number of aromatic nitrogens is 3. The quantitative estimate of drug-likeness (QED) is 0.675. The largest absolute Gasteiger partial charge is 0.444 e. The monoisotopic (exact) mass is 428 g/mol. The molecule has 1 aliphatic rings. The second kappa shape index (κ2) is 7.56. The van der Waals surface area contributed by atoms with Crippen LogP contribution in [0.4, 0.5) is 4.79 Å². The highest BCUT2D eigenvalue weighted by atomic mass is 35.5. The second-order valence-electron chi connectivity index (χ2n) is 8.66. The standard InChI is InChI=1S/C22H25ClN4O3/c1-13-5-6-17(16(23)9-13)27-20-18(14(12-28)7-8-24-20)19(25-27)15-10-26(11-15)21(29)30-22(2,3)4/h5-9,15,28H,10-12H2,1-4H3. The Morgan fingerprint density at radius 3 is 2.67 bits per heavy atom. The van der Waals surface area contributed by atoms with E-state index in [0.29, 0.717) is 23.8 Å². The van der Waals surface area contributed by atoms with Crippen LogP contribution in [0.25, 0.3) is 16.7 Å². The fourth-order valence-corrected chi connectivity index (χ4v) is 3.95. The van der Waals surface area contributed by atoms with Crippen molar-refractivity contribution < 1.29 is 14.6 Å². The summed E-state index contributed by atoms with van der Waals surface area (Å²) >= 11 is 6.49. The van der Waals surface area contributed by atoms with Gasteiger partial charge in [0.1, 0.15) is 5.60 Å². The third-order valence-corrected chi connectivity index (χ3v) is 5.41. The van der Waals surface area contributed by atoms with Crippen LogP contribution in [0.3, 0.4) is 0 Å². The Morgan fingerprint density at radius 2 is 2.03 bits per heavy atom.